The van der Waals surface area contributed by atoms with Crippen LogP contribution in [0.15, 0.2) is 36.4 Å². The number of methoxy groups -OCH3 is 1. The summed E-state index contributed by atoms with van der Waals surface area (Å²) >= 11 is 12.0. The highest BCUT2D eigenvalue weighted by atomic mass is 35.5. The van der Waals surface area contributed by atoms with E-state index in [1.165, 1.54) is 0 Å². The average Bonchev–Trinajstić information content (AvgIpc) is 2.63. The molecule has 2 amide bonds. The van der Waals surface area contributed by atoms with Crippen LogP contribution in [0.2, 0.25) is 10.0 Å². The van der Waals surface area contributed by atoms with E-state index in [1.807, 2.05) is 6.07 Å². The number of carbonyl (C=O) groups is 2. The molecule has 0 saturated carbocycles. The molecular weight excluding hydrogens is 377 g/mol. The summed E-state index contributed by atoms with van der Waals surface area (Å²) in [5.74, 6) is -0.716. The number of nitrogens with one attached hydrogen (secondary N) is 2. The van der Waals surface area contributed by atoms with E-state index in [-0.39, 0.29) is 23.2 Å². The molecule has 6 nitrogen and oxygen atoms in total. The molecule has 26 heavy (non-hydrogen) atoms. The third kappa shape index (κ3) is 5.98. The Labute approximate surface area is 161 Å². The fraction of sp³-hybridized carbons (Fsp3) is 0.278. The maximum absolute atomic E-state index is 12.2. The zero-order valence-electron chi connectivity index (χ0n) is 14.2. The molecule has 0 unspecified atom stereocenters. The number of hydrogen-bond acceptors (Lipinski definition) is 4. The molecule has 2 rings (SSSR count). The lowest BCUT2D eigenvalue weighted by Crippen LogP contribution is -2.30. The largest absolute Gasteiger partial charge is 0.383 e. The van der Waals surface area contributed by atoms with Gasteiger partial charge in [0.15, 0.2) is 0 Å². The molecule has 0 bridgehead atoms. The van der Waals surface area contributed by atoms with Crippen LogP contribution in [0.25, 0.3) is 0 Å². The molecule has 1 heterocycles. The lowest BCUT2D eigenvalue weighted by molar-refractivity contribution is 0.0931. The number of amides is 2. The van der Waals surface area contributed by atoms with Crippen LogP contribution in [0.5, 0.6) is 0 Å². The third-order valence-electron chi connectivity index (χ3n) is 3.50. The van der Waals surface area contributed by atoms with Gasteiger partial charge in [0.2, 0.25) is 0 Å². The first-order valence-corrected chi connectivity index (χ1v) is 8.73. The van der Waals surface area contributed by atoms with Crippen molar-refractivity contribution in [1.29, 1.82) is 0 Å². The molecular formula is C18H19Cl2N3O3. The van der Waals surface area contributed by atoms with Gasteiger partial charge in [-0.05, 0) is 36.2 Å². The minimum Gasteiger partial charge on any atom is -0.383 e. The van der Waals surface area contributed by atoms with E-state index in [0.717, 1.165) is 5.56 Å². The van der Waals surface area contributed by atoms with Gasteiger partial charge in [0.1, 0.15) is 11.4 Å². The monoisotopic (exact) mass is 395 g/mol. The SMILES string of the molecule is COCCNC(=O)c1cccc(C(=O)NCCc2ccc(Cl)cc2Cl)n1. The Morgan fingerprint density at radius 2 is 1.69 bits per heavy atom. The van der Waals surface area contributed by atoms with Crippen molar-refractivity contribution < 1.29 is 14.3 Å². The number of aromatic nitrogens is 1. The number of pyridine rings is 1. The number of nitrogens with zero attached hydrogens (tertiary/aromatic N) is 1. The molecule has 2 aromatic rings. The summed E-state index contributed by atoms with van der Waals surface area (Å²) in [5, 5.41) is 6.54. The average molecular weight is 396 g/mol. The molecule has 0 radical (unpaired) electrons. The zero-order valence-corrected chi connectivity index (χ0v) is 15.7. The summed E-state index contributed by atoms with van der Waals surface area (Å²) < 4.78 is 4.87. The maximum atomic E-state index is 12.2. The van der Waals surface area contributed by atoms with E-state index in [4.69, 9.17) is 27.9 Å². The van der Waals surface area contributed by atoms with E-state index in [9.17, 15) is 9.59 Å². The highest BCUT2D eigenvalue weighted by Crippen LogP contribution is 2.21. The summed E-state index contributed by atoms with van der Waals surface area (Å²) in [6.07, 6.45) is 0.555. The highest BCUT2D eigenvalue weighted by Gasteiger charge is 2.12. The van der Waals surface area contributed by atoms with Gasteiger partial charge < -0.3 is 15.4 Å². The standard InChI is InChI=1S/C18H19Cl2N3O3/c1-26-10-9-22-18(25)16-4-2-3-15(23-16)17(24)21-8-7-12-5-6-13(19)11-14(12)20/h2-6,11H,7-10H2,1H3,(H,21,24)(H,22,25). The van der Waals surface area contributed by atoms with E-state index in [1.54, 1.807) is 37.4 Å². The molecule has 1 aromatic heterocycles. The van der Waals surface area contributed by atoms with Gasteiger partial charge in [0.25, 0.3) is 11.8 Å². The van der Waals surface area contributed by atoms with E-state index < -0.39 is 0 Å². The van der Waals surface area contributed by atoms with Crippen LogP contribution in [0.3, 0.4) is 0 Å². The number of benzene rings is 1. The lowest BCUT2D eigenvalue weighted by atomic mass is 10.1. The fourth-order valence-electron chi connectivity index (χ4n) is 2.17. The Morgan fingerprint density at radius 1 is 1.04 bits per heavy atom. The Balaban J connectivity index is 1.90. The molecule has 0 aliphatic heterocycles. The minimum atomic E-state index is -0.360. The number of halogens is 2. The minimum absolute atomic E-state index is 0.173. The summed E-state index contributed by atoms with van der Waals surface area (Å²) in [4.78, 5) is 28.3. The van der Waals surface area contributed by atoms with Crippen LogP contribution in [-0.2, 0) is 11.2 Å². The molecule has 0 spiro atoms. The molecule has 0 saturated heterocycles. The number of rotatable bonds is 8. The topological polar surface area (TPSA) is 80.3 Å². The number of carbonyl (C=O) groups excluding carboxylic acids is 2. The van der Waals surface area contributed by atoms with Crippen LogP contribution >= 0.6 is 23.2 Å². The van der Waals surface area contributed by atoms with Crippen molar-refractivity contribution in [3.63, 3.8) is 0 Å². The molecule has 138 valence electrons. The van der Waals surface area contributed by atoms with Gasteiger partial charge in [-0.1, -0.05) is 35.3 Å². The number of hydrogen-bond donors (Lipinski definition) is 2. The summed E-state index contributed by atoms with van der Waals surface area (Å²) in [7, 11) is 1.55. The van der Waals surface area contributed by atoms with Gasteiger partial charge in [-0.2, -0.15) is 0 Å². The first-order chi connectivity index (χ1) is 12.5. The second kappa shape index (κ2) is 10.1. The Bertz CT molecular complexity index is 784. The Hall–Kier alpha value is -2.15. The van der Waals surface area contributed by atoms with Gasteiger partial charge in [-0.15, -0.1) is 0 Å². The molecule has 0 atom stereocenters. The summed E-state index contributed by atoms with van der Waals surface area (Å²) in [6.45, 7) is 1.15. The van der Waals surface area contributed by atoms with Crippen molar-refractivity contribution in [1.82, 2.24) is 15.6 Å². The van der Waals surface area contributed by atoms with Crippen molar-refractivity contribution in [3.05, 3.63) is 63.4 Å². The number of ether oxygens (including phenoxy) is 1. The van der Waals surface area contributed by atoms with Crippen LogP contribution < -0.4 is 10.6 Å². The third-order valence-corrected chi connectivity index (χ3v) is 4.09. The molecule has 0 aliphatic rings. The van der Waals surface area contributed by atoms with Gasteiger partial charge in [0.05, 0.1) is 6.61 Å². The molecule has 8 heteroatoms. The van der Waals surface area contributed by atoms with Crippen molar-refractivity contribution in [2.45, 2.75) is 6.42 Å². The highest BCUT2D eigenvalue weighted by molar-refractivity contribution is 6.35. The maximum Gasteiger partial charge on any atom is 0.269 e. The predicted molar refractivity (Wildman–Crippen MR) is 101 cm³/mol. The summed E-state index contributed by atoms with van der Waals surface area (Å²) in [6, 6.07) is 9.94. The zero-order chi connectivity index (χ0) is 18.9. The van der Waals surface area contributed by atoms with Crippen molar-refractivity contribution in [3.8, 4) is 0 Å². The second-order valence-electron chi connectivity index (χ2n) is 5.40. The van der Waals surface area contributed by atoms with Crippen LogP contribution in [0, 0.1) is 0 Å². The van der Waals surface area contributed by atoms with Crippen molar-refractivity contribution >= 4 is 35.0 Å². The van der Waals surface area contributed by atoms with Gasteiger partial charge in [0, 0.05) is 30.2 Å². The Kier molecular flexibility index (Phi) is 7.84. The van der Waals surface area contributed by atoms with E-state index in [0.29, 0.717) is 36.2 Å². The molecule has 0 aliphatic carbocycles. The normalized spacial score (nSPS) is 10.4. The lowest BCUT2D eigenvalue weighted by Gasteiger charge is -2.08. The smallest absolute Gasteiger partial charge is 0.269 e. The fourth-order valence-corrected chi connectivity index (χ4v) is 2.67. The predicted octanol–water partition coefficient (Wildman–Crippen LogP) is 2.74. The summed E-state index contributed by atoms with van der Waals surface area (Å²) in [5.41, 5.74) is 1.23. The van der Waals surface area contributed by atoms with Gasteiger partial charge in [-0.25, -0.2) is 4.98 Å². The Morgan fingerprint density at radius 3 is 2.31 bits per heavy atom. The van der Waals surface area contributed by atoms with Gasteiger partial charge in [-0.3, -0.25) is 9.59 Å². The van der Waals surface area contributed by atoms with Crippen molar-refractivity contribution in [2.24, 2.45) is 0 Å². The van der Waals surface area contributed by atoms with Crippen LogP contribution in [0.4, 0.5) is 0 Å². The van der Waals surface area contributed by atoms with Crippen LogP contribution in [-0.4, -0.2) is 43.6 Å². The molecule has 1 aromatic carbocycles. The molecule has 2 N–H and O–H groups in total. The van der Waals surface area contributed by atoms with E-state index >= 15 is 0 Å². The van der Waals surface area contributed by atoms with Crippen LogP contribution in [0.1, 0.15) is 26.5 Å². The second-order valence-corrected chi connectivity index (χ2v) is 6.24. The first-order valence-electron chi connectivity index (χ1n) is 7.97. The van der Waals surface area contributed by atoms with Gasteiger partial charge >= 0.3 is 0 Å². The molecule has 0 fully saturated rings. The van der Waals surface area contributed by atoms with E-state index in [2.05, 4.69) is 15.6 Å². The first kappa shape index (κ1) is 20.2. The quantitative estimate of drug-likeness (QED) is 0.673. The van der Waals surface area contributed by atoms with Crippen molar-refractivity contribution in [2.75, 3.05) is 26.8 Å².